The average molecular weight is 367 g/mol. The smallest absolute Gasteiger partial charge is 0.272 e. The van der Waals surface area contributed by atoms with E-state index in [0.29, 0.717) is 18.8 Å². The first-order valence-corrected chi connectivity index (χ1v) is 9.72. The molecule has 0 N–H and O–H groups in total. The van der Waals surface area contributed by atoms with E-state index in [0.717, 1.165) is 32.0 Å². The number of hydrogen-bond acceptors (Lipinski definition) is 5. The van der Waals surface area contributed by atoms with Crippen molar-refractivity contribution >= 4 is 17.4 Å². The summed E-state index contributed by atoms with van der Waals surface area (Å²) in [6.07, 6.45) is 1.50. The normalized spacial score (nSPS) is 14.4. The highest BCUT2D eigenvalue weighted by Crippen LogP contribution is 2.25. The Morgan fingerprint density at radius 1 is 1.04 bits per heavy atom. The minimum absolute atomic E-state index is 0.0299. The molecule has 0 spiro atoms. The summed E-state index contributed by atoms with van der Waals surface area (Å²) in [5.41, 5.74) is 4.46. The van der Waals surface area contributed by atoms with Gasteiger partial charge in [-0.05, 0) is 44.9 Å². The fraction of sp³-hybridized carbons (Fsp3) is 0.476. The first-order chi connectivity index (χ1) is 13.0. The monoisotopic (exact) mass is 367 g/mol. The number of hydrogen-bond donors (Lipinski definition) is 0. The summed E-state index contributed by atoms with van der Waals surface area (Å²) in [5, 5.41) is 0. The number of piperazine rings is 1. The van der Waals surface area contributed by atoms with Crippen molar-refractivity contribution in [3.05, 3.63) is 47.4 Å². The van der Waals surface area contributed by atoms with Gasteiger partial charge in [0.1, 0.15) is 17.8 Å². The van der Waals surface area contributed by atoms with Crippen molar-refractivity contribution in [3.8, 4) is 0 Å². The summed E-state index contributed by atoms with van der Waals surface area (Å²) < 4.78 is 0. The van der Waals surface area contributed by atoms with E-state index in [-0.39, 0.29) is 5.91 Å². The SMILES string of the molecule is CCN(CC)C(=O)c1cc(N2CCN(c3cccc(C)c3C)CC2)ncn1. The number of amides is 1. The minimum Gasteiger partial charge on any atom is -0.368 e. The second-order valence-electron chi connectivity index (χ2n) is 6.93. The maximum Gasteiger partial charge on any atom is 0.272 e. The lowest BCUT2D eigenvalue weighted by atomic mass is 10.1. The third-order valence-electron chi connectivity index (χ3n) is 5.44. The molecule has 1 amide bonds. The molecule has 27 heavy (non-hydrogen) atoms. The minimum atomic E-state index is -0.0299. The van der Waals surface area contributed by atoms with Crippen LogP contribution >= 0.6 is 0 Å². The van der Waals surface area contributed by atoms with Gasteiger partial charge in [0.05, 0.1) is 0 Å². The Balaban J connectivity index is 1.70. The number of carbonyl (C=O) groups excluding carboxylic acids is 1. The Hall–Kier alpha value is -2.63. The predicted octanol–water partition coefficient (Wildman–Crippen LogP) is 2.90. The molecule has 1 aliphatic rings. The predicted molar refractivity (Wildman–Crippen MR) is 110 cm³/mol. The highest BCUT2D eigenvalue weighted by atomic mass is 16.2. The van der Waals surface area contributed by atoms with Crippen LogP contribution in [0, 0.1) is 13.8 Å². The summed E-state index contributed by atoms with van der Waals surface area (Å²) in [6.45, 7) is 13.3. The molecule has 1 aromatic carbocycles. The van der Waals surface area contributed by atoms with Crippen LogP contribution < -0.4 is 9.80 Å². The van der Waals surface area contributed by atoms with Gasteiger partial charge in [-0.2, -0.15) is 0 Å². The number of aryl methyl sites for hydroxylation is 1. The molecular weight excluding hydrogens is 338 g/mol. The summed E-state index contributed by atoms with van der Waals surface area (Å²) >= 11 is 0. The summed E-state index contributed by atoms with van der Waals surface area (Å²) in [6, 6.07) is 8.31. The Morgan fingerprint density at radius 3 is 2.37 bits per heavy atom. The lowest BCUT2D eigenvalue weighted by molar-refractivity contribution is 0.0767. The van der Waals surface area contributed by atoms with Crippen molar-refractivity contribution in [1.82, 2.24) is 14.9 Å². The second kappa shape index (κ2) is 8.37. The maximum absolute atomic E-state index is 12.6. The molecule has 144 valence electrons. The zero-order chi connectivity index (χ0) is 19.4. The molecule has 0 bridgehead atoms. The number of anilines is 2. The molecule has 6 heteroatoms. The van der Waals surface area contributed by atoms with Crippen molar-refractivity contribution in [2.24, 2.45) is 0 Å². The first-order valence-electron chi connectivity index (χ1n) is 9.72. The van der Waals surface area contributed by atoms with E-state index in [4.69, 9.17) is 0 Å². The number of nitrogens with zero attached hydrogens (tertiary/aromatic N) is 5. The molecule has 1 aliphatic heterocycles. The van der Waals surface area contributed by atoms with Gasteiger partial charge in [-0.15, -0.1) is 0 Å². The molecule has 1 fully saturated rings. The maximum atomic E-state index is 12.6. The molecule has 2 heterocycles. The van der Waals surface area contributed by atoms with Gasteiger partial charge in [-0.3, -0.25) is 4.79 Å². The molecule has 0 atom stereocenters. The number of carbonyl (C=O) groups is 1. The van der Waals surface area contributed by atoms with Crippen LogP contribution in [0.1, 0.15) is 35.5 Å². The quantitative estimate of drug-likeness (QED) is 0.813. The van der Waals surface area contributed by atoms with Gasteiger partial charge in [0.25, 0.3) is 5.91 Å². The first kappa shape index (κ1) is 19.1. The van der Waals surface area contributed by atoms with Crippen molar-refractivity contribution in [3.63, 3.8) is 0 Å². The van der Waals surface area contributed by atoms with Gasteiger partial charge >= 0.3 is 0 Å². The summed E-state index contributed by atoms with van der Waals surface area (Å²) in [4.78, 5) is 27.6. The zero-order valence-corrected chi connectivity index (χ0v) is 16.8. The van der Waals surface area contributed by atoms with Crippen LogP contribution in [0.4, 0.5) is 11.5 Å². The van der Waals surface area contributed by atoms with E-state index in [2.05, 4.69) is 51.8 Å². The van der Waals surface area contributed by atoms with Crippen molar-refractivity contribution in [2.45, 2.75) is 27.7 Å². The van der Waals surface area contributed by atoms with E-state index < -0.39 is 0 Å². The lowest BCUT2D eigenvalue weighted by Crippen LogP contribution is -2.47. The number of benzene rings is 1. The van der Waals surface area contributed by atoms with E-state index in [1.165, 1.54) is 23.1 Å². The second-order valence-corrected chi connectivity index (χ2v) is 6.93. The van der Waals surface area contributed by atoms with Crippen LogP contribution in [0.5, 0.6) is 0 Å². The van der Waals surface area contributed by atoms with Crippen LogP contribution in [0.3, 0.4) is 0 Å². The van der Waals surface area contributed by atoms with E-state index in [1.54, 1.807) is 4.90 Å². The van der Waals surface area contributed by atoms with Crippen molar-refractivity contribution in [2.75, 3.05) is 49.1 Å². The summed E-state index contributed by atoms with van der Waals surface area (Å²) in [7, 11) is 0. The van der Waals surface area contributed by atoms with Gasteiger partial charge < -0.3 is 14.7 Å². The Bertz CT molecular complexity index is 795. The molecule has 0 aliphatic carbocycles. The van der Waals surface area contributed by atoms with Crippen molar-refractivity contribution < 1.29 is 4.79 Å². The molecular formula is C21H29N5O. The Kier molecular flexibility index (Phi) is 5.94. The van der Waals surface area contributed by atoms with Crippen LogP contribution in [0.2, 0.25) is 0 Å². The van der Waals surface area contributed by atoms with Gasteiger partial charge in [0.2, 0.25) is 0 Å². The molecule has 0 unspecified atom stereocenters. The highest BCUT2D eigenvalue weighted by Gasteiger charge is 2.21. The topological polar surface area (TPSA) is 52.6 Å². The molecule has 2 aromatic rings. The van der Waals surface area contributed by atoms with Crippen LogP contribution in [0.15, 0.2) is 30.6 Å². The van der Waals surface area contributed by atoms with Gasteiger partial charge in [0.15, 0.2) is 0 Å². The van der Waals surface area contributed by atoms with Crippen LogP contribution in [-0.2, 0) is 0 Å². The Labute approximate surface area is 161 Å². The summed E-state index contributed by atoms with van der Waals surface area (Å²) in [5.74, 6) is 0.804. The van der Waals surface area contributed by atoms with Crippen molar-refractivity contribution in [1.29, 1.82) is 0 Å². The van der Waals surface area contributed by atoms with Crippen LogP contribution in [0.25, 0.3) is 0 Å². The standard InChI is InChI=1S/C21H29N5O/c1-5-24(6-2)21(27)18-14-20(23-15-22-18)26-12-10-25(11-13-26)19-9-7-8-16(3)17(19)4/h7-9,14-15H,5-6,10-13H2,1-4H3. The average Bonchev–Trinajstić information content (AvgIpc) is 2.71. The van der Waals surface area contributed by atoms with E-state index in [1.807, 2.05) is 19.9 Å². The molecule has 1 saturated heterocycles. The molecule has 0 radical (unpaired) electrons. The molecule has 6 nitrogen and oxygen atoms in total. The lowest BCUT2D eigenvalue weighted by Gasteiger charge is -2.37. The fourth-order valence-corrected chi connectivity index (χ4v) is 3.56. The largest absolute Gasteiger partial charge is 0.368 e. The Morgan fingerprint density at radius 2 is 1.70 bits per heavy atom. The highest BCUT2D eigenvalue weighted by molar-refractivity contribution is 5.92. The van der Waals surface area contributed by atoms with E-state index in [9.17, 15) is 4.79 Å². The zero-order valence-electron chi connectivity index (χ0n) is 16.8. The third-order valence-corrected chi connectivity index (χ3v) is 5.44. The molecule has 0 saturated carbocycles. The molecule has 3 rings (SSSR count). The fourth-order valence-electron chi connectivity index (χ4n) is 3.56. The number of aromatic nitrogens is 2. The molecule has 1 aromatic heterocycles. The van der Waals surface area contributed by atoms with Gasteiger partial charge in [-0.1, -0.05) is 12.1 Å². The van der Waals surface area contributed by atoms with E-state index >= 15 is 0 Å². The number of rotatable bonds is 5. The van der Waals surface area contributed by atoms with Gasteiger partial charge in [-0.25, -0.2) is 9.97 Å². The van der Waals surface area contributed by atoms with Gasteiger partial charge in [0, 0.05) is 51.0 Å². The third kappa shape index (κ3) is 4.04. The van der Waals surface area contributed by atoms with Crippen LogP contribution in [-0.4, -0.2) is 60.0 Å².